The molecule has 0 saturated heterocycles. The van der Waals surface area contributed by atoms with Gasteiger partial charge in [-0.15, -0.1) is 10.2 Å². The van der Waals surface area contributed by atoms with Gasteiger partial charge in [-0.25, -0.2) is 0 Å². The number of carbonyl (C=O) groups excluding carboxylic acids is 1. The van der Waals surface area contributed by atoms with Gasteiger partial charge in [-0.05, 0) is 24.1 Å². The van der Waals surface area contributed by atoms with Crippen LogP contribution in [0, 0.1) is 5.92 Å². The maximum Gasteiger partial charge on any atom is 0.257 e. The number of carbonyl (C=O) groups is 1. The summed E-state index contributed by atoms with van der Waals surface area (Å²) in [7, 11) is 1.53. The molecule has 128 valence electrons. The number of methoxy groups -OCH3 is 1. The molecule has 0 fully saturated rings. The zero-order valence-electron chi connectivity index (χ0n) is 14.0. The van der Waals surface area contributed by atoms with Gasteiger partial charge in [0, 0.05) is 12.0 Å². The van der Waals surface area contributed by atoms with E-state index in [1.165, 1.54) is 18.4 Å². The largest absolute Gasteiger partial charge is 0.493 e. The second-order valence-corrected chi connectivity index (χ2v) is 6.58. The van der Waals surface area contributed by atoms with Crippen molar-refractivity contribution in [3.63, 3.8) is 0 Å². The van der Waals surface area contributed by atoms with E-state index in [9.17, 15) is 4.79 Å². The Kier molecular flexibility index (Phi) is 6.31. The van der Waals surface area contributed by atoms with Gasteiger partial charge in [0.25, 0.3) is 5.91 Å². The summed E-state index contributed by atoms with van der Waals surface area (Å²) in [5.41, 5.74) is 0.457. The van der Waals surface area contributed by atoms with Crippen LogP contribution in [-0.2, 0) is 6.42 Å². The van der Waals surface area contributed by atoms with Crippen LogP contribution in [0.4, 0.5) is 5.13 Å². The van der Waals surface area contributed by atoms with Gasteiger partial charge in [0.05, 0.1) is 7.11 Å². The number of hydrogen-bond acceptors (Lipinski definition) is 6. The molecule has 0 aliphatic rings. The van der Waals surface area contributed by atoms with Crippen LogP contribution in [0.1, 0.15) is 29.2 Å². The van der Waals surface area contributed by atoms with E-state index in [0.717, 1.165) is 11.4 Å². The molecule has 0 aliphatic heterocycles. The highest BCUT2D eigenvalue weighted by molar-refractivity contribution is 7.15. The van der Waals surface area contributed by atoms with Gasteiger partial charge in [-0.3, -0.25) is 10.1 Å². The van der Waals surface area contributed by atoms with Crippen LogP contribution < -0.4 is 14.8 Å². The third-order valence-corrected chi connectivity index (χ3v) is 3.91. The van der Waals surface area contributed by atoms with E-state index >= 15 is 0 Å². The maximum atomic E-state index is 12.4. The molecule has 0 saturated carbocycles. The highest BCUT2D eigenvalue weighted by Crippen LogP contribution is 2.28. The third kappa shape index (κ3) is 4.79. The first-order chi connectivity index (χ1) is 11.5. The van der Waals surface area contributed by atoms with Gasteiger partial charge in [0.15, 0.2) is 11.5 Å². The molecule has 7 heteroatoms. The fourth-order valence-corrected chi connectivity index (χ4v) is 2.93. The Morgan fingerprint density at radius 1 is 1.38 bits per heavy atom. The second kappa shape index (κ2) is 8.44. The van der Waals surface area contributed by atoms with Gasteiger partial charge >= 0.3 is 0 Å². The molecular weight excluding hydrogens is 326 g/mol. The van der Waals surface area contributed by atoms with Crippen molar-refractivity contribution in [1.29, 1.82) is 0 Å². The van der Waals surface area contributed by atoms with Gasteiger partial charge in [-0.2, -0.15) is 0 Å². The maximum absolute atomic E-state index is 12.4. The Hall–Kier alpha value is -2.41. The van der Waals surface area contributed by atoms with Crippen molar-refractivity contribution < 1.29 is 14.3 Å². The van der Waals surface area contributed by atoms with Crippen molar-refractivity contribution in [2.45, 2.75) is 20.3 Å². The fraction of sp³-hybridized carbons (Fsp3) is 0.353. The van der Waals surface area contributed by atoms with Gasteiger partial charge in [-0.1, -0.05) is 37.8 Å². The lowest BCUT2D eigenvalue weighted by Crippen LogP contribution is -2.12. The number of aromatic nitrogens is 2. The number of anilines is 1. The van der Waals surface area contributed by atoms with Gasteiger partial charge < -0.3 is 9.47 Å². The van der Waals surface area contributed by atoms with Crippen molar-refractivity contribution in [2.75, 3.05) is 19.0 Å². The summed E-state index contributed by atoms with van der Waals surface area (Å²) >= 11 is 1.39. The van der Waals surface area contributed by atoms with E-state index in [2.05, 4.69) is 35.9 Å². The van der Waals surface area contributed by atoms with Gasteiger partial charge in [0.1, 0.15) is 11.6 Å². The molecule has 0 spiro atoms. The van der Waals surface area contributed by atoms with Crippen LogP contribution >= 0.6 is 11.3 Å². The van der Waals surface area contributed by atoms with Crippen LogP contribution in [0.15, 0.2) is 30.9 Å². The fourth-order valence-electron chi connectivity index (χ4n) is 1.98. The molecule has 1 amide bonds. The van der Waals surface area contributed by atoms with Crippen LogP contribution in [0.2, 0.25) is 0 Å². The highest BCUT2D eigenvalue weighted by atomic mass is 32.1. The SMILES string of the molecule is C=CCOc1ccc(C(=O)Nc2nnc(CC(C)C)s2)cc1OC. The number of nitrogens with one attached hydrogen (secondary N) is 1. The molecule has 0 radical (unpaired) electrons. The molecule has 24 heavy (non-hydrogen) atoms. The Balaban J connectivity index is 2.08. The van der Waals surface area contributed by atoms with Crippen LogP contribution in [-0.4, -0.2) is 29.8 Å². The van der Waals surface area contributed by atoms with Crippen molar-refractivity contribution in [3.8, 4) is 11.5 Å². The smallest absolute Gasteiger partial charge is 0.257 e. The normalized spacial score (nSPS) is 10.5. The predicted molar refractivity (Wildman–Crippen MR) is 95.1 cm³/mol. The summed E-state index contributed by atoms with van der Waals surface area (Å²) < 4.78 is 10.7. The van der Waals surface area contributed by atoms with Crippen LogP contribution in [0.5, 0.6) is 11.5 Å². The molecular formula is C17H21N3O3S. The van der Waals surface area contributed by atoms with E-state index in [1.807, 2.05) is 0 Å². The Bertz CT molecular complexity index is 713. The number of benzene rings is 1. The van der Waals surface area contributed by atoms with Crippen molar-refractivity contribution in [2.24, 2.45) is 5.92 Å². The minimum atomic E-state index is -0.268. The molecule has 0 aliphatic carbocycles. The minimum Gasteiger partial charge on any atom is -0.493 e. The average molecular weight is 347 g/mol. The lowest BCUT2D eigenvalue weighted by molar-refractivity contribution is 0.102. The number of amides is 1. The molecule has 1 N–H and O–H groups in total. The molecule has 0 bridgehead atoms. The third-order valence-electron chi connectivity index (χ3n) is 3.05. The monoisotopic (exact) mass is 347 g/mol. The molecule has 0 unspecified atom stereocenters. The zero-order valence-corrected chi connectivity index (χ0v) is 14.9. The zero-order chi connectivity index (χ0) is 17.5. The van der Waals surface area contributed by atoms with Crippen molar-refractivity contribution >= 4 is 22.4 Å². The quantitative estimate of drug-likeness (QED) is 0.739. The number of hydrogen-bond donors (Lipinski definition) is 1. The molecule has 6 nitrogen and oxygen atoms in total. The lowest BCUT2D eigenvalue weighted by atomic mass is 10.1. The first-order valence-electron chi connectivity index (χ1n) is 7.59. The van der Waals surface area contributed by atoms with Gasteiger partial charge in [0.2, 0.25) is 5.13 Å². The topological polar surface area (TPSA) is 73.3 Å². The summed E-state index contributed by atoms with van der Waals surface area (Å²) in [6, 6.07) is 5.00. The molecule has 1 aromatic heterocycles. The molecule has 2 rings (SSSR count). The van der Waals surface area contributed by atoms with E-state index in [0.29, 0.717) is 34.7 Å². The summed E-state index contributed by atoms with van der Waals surface area (Å²) in [6.07, 6.45) is 2.49. The minimum absolute atomic E-state index is 0.268. The second-order valence-electron chi connectivity index (χ2n) is 5.52. The Labute approximate surface area is 145 Å². The van der Waals surface area contributed by atoms with E-state index in [-0.39, 0.29) is 5.91 Å². The lowest BCUT2D eigenvalue weighted by Gasteiger charge is -2.10. The molecule has 0 atom stereocenters. The summed E-state index contributed by atoms with van der Waals surface area (Å²) in [5.74, 6) is 1.27. The summed E-state index contributed by atoms with van der Waals surface area (Å²) in [4.78, 5) is 12.4. The summed E-state index contributed by atoms with van der Waals surface area (Å²) in [5, 5.41) is 12.2. The number of rotatable bonds is 8. The van der Waals surface area contributed by atoms with Crippen LogP contribution in [0.25, 0.3) is 0 Å². The standard InChI is InChI=1S/C17H21N3O3S/c1-5-8-23-13-7-6-12(10-14(13)22-4)16(21)18-17-20-19-15(24-17)9-11(2)3/h5-7,10-11H,1,8-9H2,2-4H3,(H,18,20,21). The van der Waals surface area contributed by atoms with E-state index in [4.69, 9.17) is 9.47 Å². The number of nitrogens with zero attached hydrogens (tertiary/aromatic N) is 2. The first kappa shape index (κ1) is 17.9. The predicted octanol–water partition coefficient (Wildman–Crippen LogP) is 3.56. The van der Waals surface area contributed by atoms with Crippen molar-refractivity contribution in [3.05, 3.63) is 41.4 Å². The Morgan fingerprint density at radius 3 is 2.83 bits per heavy atom. The van der Waals surface area contributed by atoms with Crippen molar-refractivity contribution in [1.82, 2.24) is 10.2 Å². The molecule has 1 heterocycles. The Morgan fingerprint density at radius 2 is 2.17 bits per heavy atom. The highest BCUT2D eigenvalue weighted by Gasteiger charge is 2.14. The average Bonchev–Trinajstić information content (AvgIpc) is 2.98. The molecule has 2 aromatic rings. The van der Waals surface area contributed by atoms with Crippen LogP contribution in [0.3, 0.4) is 0 Å². The molecule has 1 aromatic carbocycles. The van der Waals surface area contributed by atoms with E-state index in [1.54, 1.807) is 24.3 Å². The number of ether oxygens (including phenoxy) is 2. The summed E-state index contributed by atoms with van der Waals surface area (Å²) in [6.45, 7) is 8.19. The van der Waals surface area contributed by atoms with E-state index < -0.39 is 0 Å². The first-order valence-corrected chi connectivity index (χ1v) is 8.40.